The molecule has 1 heterocycles. The molecule has 1 aliphatic heterocycles. The Kier molecular flexibility index (Phi) is 5.91. The molecule has 2 amide bonds. The quantitative estimate of drug-likeness (QED) is 0.843. The van der Waals surface area contributed by atoms with E-state index in [9.17, 15) is 14.7 Å². The molecule has 0 radical (unpaired) electrons. The highest BCUT2D eigenvalue weighted by Gasteiger charge is 2.21. The SMILES string of the molecule is COCC(=O)Nc1ccc(CC(=O)N2CCC(O)CC2)cc1. The maximum atomic E-state index is 12.2. The highest BCUT2D eigenvalue weighted by Crippen LogP contribution is 2.14. The summed E-state index contributed by atoms with van der Waals surface area (Å²) in [7, 11) is 1.47. The molecule has 1 aromatic carbocycles. The van der Waals surface area contributed by atoms with Gasteiger partial charge < -0.3 is 20.1 Å². The molecule has 0 saturated carbocycles. The molecule has 0 aliphatic carbocycles. The fraction of sp³-hybridized carbons (Fsp3) is 0.500. The topological polar surface area (TPSA) is 78.9 Å². The Balaban J connectivity index is 1.85. The molecule has 0 bridgehead atoms. The van der Waals surface area contributed by atoms with Gasteiger partial charge in [-0.2, -0.15) is 0 Å². The van der Waals surface area contributed by atoms with Crippen molar-refractivity contribution in [2.24, 2.45) is 0 Å². The Morgan fingerprint density at radius 3 is 2.50 bits per heavy atom. The second-order valence-corrected chi connectivity index (χ2v) is 5.47. The first-order chi connectivity index (χ1) is 10.6. The van der Waals surface area contributed by atoms with E-state index in [1.165, 1.54) is 7.11 Å². The lowest BCUT2D eigenvalue weighted by atomic mass is 10.1. The summed E-state index contributed by atoms with van der Waals surface area (Å²) in [6.07, 6.45) is 1.36. The van der Waals surface area contributed by atoms with Crippen LogP contribution in [0, 0.1) is 0 Å². The Bertz CT molecular complexity index is 507. The number of ether oxygens (including phenoxy) is 1. The first-order valence-electron chi connectivity index (χ1n) is 7.42. The van der Waals surface area contributed by atoms with E-state index < -0.39 is 0 Å². The minimum atomic E-state index is -0.279. The van der Waals surface area contributed by atoms with Crippen LogP contribution < -0.4 is 5.32 Å². The number of piperidine rings is 1. The number of carbonyl (C=O) groups is 2. The number of hydrogen-bond acceptors (Lipinski definition) is 4. The second kappa shape index (κ2) is 7.91. The molecule has 120 valence electrons. The number of benzene rings is 1. The number of aliphatic hydroxyl groups excluding tert-OH is 1. The normalized spacial score (nSPS) is 15.6. The molecular formula is C16H22N2O4. The van der Waals surface area contributed by atoms with Crippen LogP contribution in [0.5, 0.6) is 0 Å². The summed E-state index contributed by atoms with van der Waals surface area (Å²) in [4.78, 5) is 25.4. The highest BCUT2D eigenvalue weighted by atomic mass is 16.5. The number of likely N-dealkylation sites (tertiary alicyclic amines) is 1. The maximum absolute atomic E-state index is 12.2. The molecule has 22 heavy (non-hydrogen) atoms. The van der Waals surface area contributed by atoms with E-state index in [2.05, 4.69) is 5.32 Å². The monoisotopic (exact) mass is 306 g/mol. The summed E-state index contributed by atoms with van der Waals surface area (Å²) >= 11 is 0. The van der Waals surface area contributed by atoms with Crippen LogP contribution in [0.2, 0.25) is 0 Å². The molecule has 1 saturated heterocycles. The van der Waals surface area contributed by atoms with Gasteiger partial charge in [0.25, 0.3) is 0 Å². The zero-order valence-electron chi connectivity index (χ0n) is 12.7. The molecule has 1 aromatic rings. The number of rotatable bonds is 5. The summed E-state index contributed by atoms with van der Waals surface area (Å²) in [5.74, 6) is -0.138. The van der Waals surface area contributed by atoms with Crippen LogP contribution in [0.1, 0.15) is 18.4 Å². The van der Waals surface area contributed by atoms with Gasteiger partial charge in [0.1, 0.15) is 6.61 Å². The Morgan fingerprint density at radius 2 is 1.91 bits per heavy atom. The molecule has 0 aromatic heterocycles. The van der Waals surface area contributed by atoms with Crippen LogP contribution in [0.3, 0.4) is 0 Å². The predicted molar refractivity (Wildman–Crippen MR) is 82.5 cm³/mol. The molecule has 0 atom stereocenters. The van der Waals surface area contributed by atoms with Crippen molar-refractivity contribution in [2.45, 2.75) is 25.4 Å². The van der Waals surface area contributed by atoms with E-state index in [4.69, 9.17) is 4.74 Å². The van der Waals surface area contributed by atoms with Crippen molar-refractivity contribution in [2.75, 3.05) is 32.1 Å². The van der Waals surface area contributed by atoms with Crippen molar-refractivity contribution < 1.29 is 19.4 Å². The molecule has 1 fully saturated rings. The van der Waals surface area contributed by atoms with Crippen molar-refractivity contribution in [3.8, 4) is 0 Å². The van der Waals surface area contributed by atoms with Gasteiger partial charge in [-0.25, -0.2) is 0 Å². The molecular weight excluding hydrogens is 284 g/mol. The lowest BCUT2D eigenvalue weighted by Gasteiger charge is -2.29. The minimum absolute atomic E-state index is 0.0149. The summed E-state index contributed by atoms with van der Waals surface area (Å²) in [6.45, 7) is 1.25. The fourth-order valence-electron chi connectivity index (χ4n) is 2.44. The van der Waals surface area contributed by atoms with Crippen molar-refractivity contribution in [1.29, 1.82) is 0 Å². The van der Waals surface area contributed by atoms with Crippen molar-refractivity contribution in [3.63, 3.8) is 0 Å². The van der Waals surface area contributed by atoms with Gasteiger partial charge in [0.05, 0.1) is 12.5 Å². The predicted octanol–water partition coefficient (Wildman–Crippen LogP) is 0.797. The first kappa shape index (κ1) is 16.5. The van der Waals surface area contributed by atoms with E-state index in [1.807, 2.05) is 12.1 Å². The lowest BCUT2D eigenvalue weighted by Crippen LogP contribution is -2.40. The highest BCUT2D eigenvalue weighted by molar-refractivity contribution is 5.91. The third kappa shape index (κ3) is 4.82. The molecule has 0 spiro atoms. The van der Waals surface area contributed by atoms with Crippen LogP contribution in [-0.2, 0) is 20.7 Å². The van der Waals surface area contributed by atoms with Crippen molar-refractivity contribution >= 4 is 17.5 Å². The maximum Gasteiger partial charge on any atom is 0.250 e. The molecule has 6 heteroatoms. The second-order valence-electron chi connectivity index (χ2n) is 5.47. The van der Waals surface area contributed by atoms with Gasteiger partial charge in [0, 0.05) is 25.9 Å². The first-order valence-corrected chi connectivity index (χ1v) is 7.42. The van der Waals surface area contributed by atoms with Crippen LogP contribution in [0.25, 0.3) is 0 Å². The molecule has 0 unspecified atom stereocenters. The number of anilines is 1. The van der Waals surface area contributed by atoms with Crippen molar-refractivity contribution in [3.05, 3.63) is 29.8 Å². The number of nitrogens with zero attached hydrogens (tertiary/aromatic N) is 1. The number of nitrogens with one attached hydrogen (secondary N) is 1. The standard InChI is InChI=1S/C16H22N2O4/c1-22-11-15(20)17-13-4-2-12(3-5-13)10-16(21)18-8-6-14(19)7-9-18/h2-5,14,19H,6-11H2,1H3,(H,17,20). The van der Waals surface area contributed by atoms with E-state index in [0.29, 0.717) is 38.0 Å². The molecule has 2 rings (SSSR count). The largest absolute Gasteiger partial charge is 0.393 e. The number of carbonyl (C=O) groups excluding carboxylic acids is 2. The average Bonchev–Trinajstić information content (AvgIpc) is 2.50. The van der Waals surface area contributed by atoms with Gasteiger partial charge >= 0.3 is 0 Å². The third-order valence-corrected chi connectivity index (χ3v) is 3.69. The zero-order valence-corrected chi connectivity index (χ0v) is 12.7. The van der Waals surface area contributed by atoms with E-state index in [1.54, 1.807) is 17.0 Å². The summed E-state index contributed by atoms with van der Waals surface area (Å²) in [5.41, 5.74) is 1.58. The molecule has 1 aliphatic rings. The lowest BCUT2D eigenvalue weighted by molar-refractivity contribution is -0.132. The Hall–Kier alpha value is -1.92. The van der Waals surface area contributed by atoms with E-state index >= 15 is 0 Å². The summed E-state index contributed by atoms with van der Waals surface area (Å²) in [5, 5.41) is 12.2. The minimum Gasteiger partial charge on any atom is -0.393 e. The third-order valence-electron chi connectivity index (χ3n) is 3.69. The average molecular weight is 306 g/mol. The van der Waals surface area contributed by atoms with Gasteiger partial charge in [0.2, 0.25) is 11.8 Å². The Morgan fingerprint density at radius 1 is 1.27 bits per heavy atom. The fourth-order valence-corrected chi connectivity index (χ4v) is 2.44. The number of methoxy groups -OCH3 is 1. The van der Waals surface area contributed by atoms with Gasteiger partial charge in [0.15, 0.2) is 0 Å². The van der Waals surface area contributed by atoms with Crippen molar-refractivity contribution in [1.82, 2.24) is 4.90 Å². The van der Waals surface area contributed by atoms with Gasteiger partial charge in [-0.1, -0.05) is 12.1 Å². The van der Waals surface area contributed by atoms with E-state index in [-0.39, 0.29) is 24.5 Å². The van der Waals surface area contributed by atoms with Crippen LogP contribution in [0.4, 0.5) is 5.69 Å². The number of hydrogen-bond donors (Lipinski definition) is 2. The summed E-state index contributed by atoms with van der Waals surface area (Å²) in [6, 6.07) is 7.21. The van der Waals surface area contributed by atoms with E-state index in [0.717, 1.165) is 5.56 Å². The van der Waals surface area contributed by atoms with Gasteiger partial charge in [-0.05, 0) is 30.5 Å². The van der Waals surface area contributed by atoms with Gasteiger partial charge in [-0.3, -0.25) is 9.59 Å². The Labute approximate surface area is 130 Å². The van der Waals surface area contributed by atoms with Crippen LogP contribution >= 0.6 is 0 Å². The van der Waals surface area contributed by atoms with Gasteiger partial charge in [-0.15, -0.1) is 0 Å². The number of aliphatic hydroxyl groups is 1. The zero-order chi connectivity index (χ0) is 15.9. The van der Waals surface area contributed by atoms with Crippen LogP contribution in [0.15, 0.2) is 24.3 Å². The smallest absolute Gasteiger partial charge is 0.250 e. The van der Waals surface area contributed by atoms with Crippen LogP contribution in [-0.4, -0.2) is 54.7 Å². The number of amides is 2. The molecule has 2 N–H and O–H groups in total. The molecule has 6 nitrogen and oxygen atoms in total. The summed E-state index contributed by atoms with van der Waals surface area (Å²) < 4.78 is 4.75.